The van der Waals surface area contributed by atoms with E-state index in [0.29, 0.717) is 10.5 Å². The summed E-state index contributed by atoms with van der Waals surface area (Å²) in [5.41, 5.74) is 4.60. The number of carbonyl (C=O) groups is 1. The molecular formula is C22H21FO3S. The predicted octanol–water partition coefficient (Wildman–Crippen LogP) is 4.70. The lowest BCUT2D eigenvalue weighted by molar-refractivity contribution is -0.109. The van der Waals surface area contributed by atoms with Crippen molar-refractivity contribution < 1.29 is 18.1 Å². The molecule has 140 valence electrons. The highest BCUT2D eigenvalue weighted by Crippen LogP contribution is 2.49. The van der Waals surface area contributed by atoms with Gasteiger partial charge in [-0.15, -0.1) is 0 Å². The molecule has 27 heavy (non-hydrogen) atoms. The Kier molecular flexibility index (Phi) is 5.42. The third-order valence-electron chi connectivity index (χ3n) is 4.84. The fourth-order valence-corrected chi connectivity index (χ4v) is 4.69. The quantitative estimate of drug-likeness (QED) is 0.702. The molecule has 0 saturated heterocycles. The molecule has 0 bridgehead atoms. The van der Waals surface area contributed by atoms with E-state index in [9.17, 15) is 13.4 Å². The van der Waals surface area contributed by atoms with Gasteiger partial charge >= 0.3 is 0 Å². The molecule has 0 N–H and O–H groups in total. The van der Waals surface area contributed by atoms with Crippen LogP contribution in [0.2, 0.25) is 0 Å². The van der Waals surface area contributed by atoms with Crippen molar-refractivity contribution in [3.05, 3.63) is 70.5 Å². The molecule has 2 aromatic rings. The van der Waals surface area contributed by atoms with Crippen molar-refractivity contribution in [2.45, 2.75) is 13.8 Å². The molecule has 1 aliphatic rings. The van der Waals surface area contributed by atoms with Gasteiger partial charge < -0.3 is 9.53 Å². The van der Waals surface area contributed by atoms with Gasteiger partial charge in [0, 0.05) is 17.7 Å². The molecule has 0 spiro atoms. The zero-order valence-corrected chi connectivity index (χ0v) is 16.5. The summed E-state index contributed by atoms with van der Waals surface area (Å²) in [6.45, 7) is 3.68. The van der Waals surface area contributed by atoms with E-state index in [-0.39, 0.29) is 5.75 Å². The normalized spacial score (nSPS) is 17.4. The van der Waals surface area contributed by atoms with E-state index in [0.717, 1.165) is 34.1 Å². The average molecular weight is 384 g/mol. The van der Waals surface area contributed by atoms with Crippen LogP contribution in [0.3, 0.4) is 0 Å². The molecule has 3 rings (SSSR count). The Morgan fingerprint density at radius 2 is 1.85 bits per heavy atom. The van der Waals surface area contributed by atoms with Gasteiger partial charge in [0.2, 0.25) is 0 Å². The zero-order chi connectivity index (χ0) is 19.7. The van der Waals surface area contributed by atoms with Crippen LogP contribution in [0.25, 0.3) is 16.1 Å². The van der Waals surface area contributed by atoms with Gasteiger partial charge in [0.15, 0.2) is 11.6 Å². The van der Waals surface area contributed by atoms with Gasteiger partial charge in [0.1, 0.15) is 6.29 Å². The second-order valence-corrected chi connectivity index (χ2v) is 7.84. The Morgan fingerprint density at radius 3 is 2.41 bits per heavy atom. The fraction of sp³-hybridized carbons (Fsp3) is 0.227. The molecule has 0 fully saturated rings. The van der Waals surface area contributed by atoms with E-state index in [1.807, 2.05) is 37.3 Å². The third-order valence-corrected chi connectivity index (χ3v) is 5.86. The number of fused-ring (bicyclic) bond motifs is 1. The van der Waals surface area contributed by atoms with E-state index in [4.69, 9.17) is 4.74 Å². The summed E-state index contributed by atoms with van der Waals surface area (Å²) >= 11 is 0. The zero-order valence-electron chi connectivity index (χ0n) is 15.7. The summed E-state index contributed by atoms with van der Waals surface area (Å²) in [6, 6.07) is 12.5. The maximum absolute atomic E-state index is 14.4. The molecule has 0 heterocycles. The lowest BCUT2D eigenvalue weighted by atomic mass is 9.94. The van der Waals surface area contributed by atoms with E-state index in [1.54, 1.807) is 19.2 Å². The summed E-state index contributed by atoms with van der Waals surface area (Å²) in [5.74, 6) is -0.774. The maximum atomic E-state index is 14.4. The summed E-state index contributed by atoms with van der Waals surface area (Å²) in [4.78, 5) is 12.2. The number of methoxy groups -OCH3 is 1. The van der Waals surface area contributed by atoms with Crippen LogP contribution in [-0.2, 0) is 15.6 Å². The smallest absolute Gasteiger partial charge is 0.165 e. The highest BCUT2D eigenvalue weighted by atomic mass is 32.2. The van der Waals surface area contributed by atoms with Gasteiger partial charge in [-0.1, -0.05) is 37.3 Å². The largest absolute Gasteiger partial charge is 0.494 e. The number of ether oxygens (including phenoxy) is 1. The molecule has 2 atom stereocenters. The lowest BCUT2D eigenvalue weighted by Gasteiger charge is -2.13. The van der Waals surface area contributed by atoms with Crippen molar-refractivity contribution in [1.82, 2.24) is 0 Å². The second-order valence-electron chi connectivity index (χ2n) is 6.52. The average Bonchev–Trinajstić information content (AvgIpc) is 2.92. The molecule has 2 aromatic carbocycles. The Labute approximate surface area is 161 Å². The molecule has 5 heteroatoms. The molecule has 0 aliphatic heterocycles. The van der Waals surface area contributed by atoms with Gasteiger partial charge in [-0.2, -0.15) is 0 Å². The van der Waals surface area contributed by atoms with Gasteiger partial charge in [0.05, 0.1) is 22.8 Å². The molecule has 0 saturated carbocycles. The topological polar surface area (TPSA) is 43.4 Å². The van der Waals surface area contributed by atoms with Crippen LogP contribution >= 0.6 is 0 Å². The summed E-state index contributed by atoms with van der Waals surface area (Å²) < 4.78 is 32.3. The number of rotatable bonds is 5. The van der Waals surface area contributed by atoms with E-state index >= 15 is 0 Å². The molecule has 0 aromatic heterocycles. The monoisotopic (exact) mass is 384 g/mol. The number of benzene rings is 2. The molecule has 2 unspecified atom stereocenters. The maximum Gasteiger partial charge on any atom is 0.165 e. The highest BCUT2D eigenvalue weighted by Gasteiger charge is 2.32. The highest BCUT2D eigenvalue weighted by molar-refractivity contribution is 7.94. The number of allylic oxidation sites excluding steroid dienone is 3. The van der Waals surface area contributed by atoms with Crippen LogP contribution in [0, 0.1) is 11.7 Å². The van der Waals surface area contributed by atoms with Crippen molar-refractivity contribution in [3.63, 3.8) is 0 Å². The van der Waals surface area contributed by atoms with Crippen LogP contribution < -0.4 is 4.74 Å². The minimum Gasteiger partial charge on any atom is -0.494 e. The lowest BCUT2D eigenvalue weighted by Crippen LogP contribution is -2.01. The van der Waals surface area contributed by atoms with Crippen LogP contribution in [0.15, 0.2) is 48.0 Å². The molecule has 0 radical (unpaired) electrons. The Morgan fingerprint density at radius 1 is 1.19 bits per heavy atom. The van der Waals surface area contributed by atoms with Crippen molar-refractivity contribution >= 4 is 33.1 Å². The van der Waals surface area contributed by atoms with Crippen LogP contribution in [-0.4, -0.2) is 23.9 Å². The SMILES string of the molecule is COc1cc2c(cc1F)C(C(C)C=O)=C(C)C2=C(c1ccccc1)S(C)=O. The number of hydrogen-bond acceptors (Lipinski definition) is 3. The minimum absolute atomic E-state index is 0.119. The van der Waals surface area contributed by atoms with Crippen LogP contribution in [0.4, 0.5) is 4.39 Å². The first-order chi connectivity index (χ1) is 12.9. The molecular weight excluding hydrogens is 363 g/mol. The summed E-state index contributed by atoms with van der Waals surface area (Å²) in [5, 5.41) is 0. The Balaban J connectivity index is 2.44. The second kappa shape index (κ2) is 7.61. The molecule has 0 amide bonds. The van der Waals surface area contributed by atoms with E-state index < -0.39 is 22.5 Å². The first kappa shape index (κ1) is 19.2. The summed E-state index contributed by atoms with van der Waals surface area (Å²) in [7, 11) is 0.118. The standard InChI is InChI=1S/C22H21FO3S/c1-13(12-24)20-14(2)21(17-11-19(26-3)18(23)10-16(17)20)22(27(4)25)15-8-6-5-7-9-15/h5-13H,1-4H3. The van der Waals surface area contributed by atoms with Crippen molar-refractivity contribution in [2.24, 2.45) is 5.92 Å². The third kappa shape index (κ3) is 3.28. The van der Waals surface area contributed by atoms with Crippen LogP contribution in [0.1, 0.15) is 30.5 Å². The minimum atomic E-state index is -1.29. The Bertz CT molecular complexity index is 990. The molecule has 1 aliphatic carbocycles. The van der Waals surface area contributed by atoms with Gasteiger partial charge in [-0.25, -0.2) is 4.39 Å². The number of carbonyl (C=O) groups excluding carboxylic acids is 1. The summed E-state index contributed by atoms with van der Waals surface area (Å²) in [6.07, 6.45) is 2.48. The van der Waals surface area contributed by atoms with E-state index in [1.165, 1.54) is 13.2 Å². The van der Waals surface area contributed by atoms with E-state index in [2.05, 4.69) is 0 Å². The predicted molar refractivity (Wildman–Crippen MR) is 108 cm³/mol. The van der Waals surface area contributed by atoms with Gasteiger partial charge in [-0.3, -0.25) is 4.21 Å². The number of aldehydes is 1. The fourth-order valence-electron chi connectivity index (χ4n) is 3.67. The van der Waals surface area contributed by atoms with Crippen LogP contribution in [0.5, 0.6) is 5.75 Å². The number of hydrogen-bond donors (Lipinski definition) is 0. The first-order valence-electron chi connectivity index (χ1n) is 8.58. The van der Waals surface area contributed by atoms with Crippen molar-refractivity contribution in [3.8, 4) is 5.75 Å². The number of halogens is 1. The Hall–Kier alpha value is -2.53. The first-order valence-corrected chi connectivity index (χ1v) is 10.1. The van der Waals surface area contributed by atoms with Crippen molar-refractivity contribution in [1.29, 1.82) is 0 Å². The van der Waals surface area contributed by atoms with Gasteiger partial charge in [-0.05, 0) is 46.9 Å². The molecule has 3 nitrogen and oxygen atoms in total. The van der Waals surface area contributed by atoms with Crippen molar-refractivity contribution in [2.75, 3.05) is 13.4 Å². The van der Waals surface area contributed by atoms with Gasteiger partial charge in [0.25, 0.3) is 0 Å².